The van der Waals surface area contributed by atoms with Crippen molar-refractivity contribution in [2.24, 2.45) is 10.7 Å². The van der Waals surface area contributed by atoms with Gasteiger partial charge < -0.3 is 5.73 Å². The van der Waals surface area contributed by atoms with Crippen LogP contribution in [0.5, 0.6) is 0 Å². The minimum Gasteiger partial charge on any atom is -0.379 e. The van der Waals surface area contributed by atoms with Crippen LogP contribution in [0.4, 0.5) is 5.69 Å². The lowest BCUT2D eigenvalue weighted by molar-refractivity contribution is 0.368. The highest BCUT2D eigenvalue weighted by atomic mass is 32.2. The van der Waals surface area contributed by atoms with E-state index < -0.39 is 0 Å². The number of benzene rings is 1. The summed E-state index contributed by atoms with van der Waals surface area (Å²) in [7, 11) is 0. The molecular weight excluding hydrogens is 322 g/mol. The van der Waals surface area contributed by atoms with Gasteiger partial charge in [0, 0.05) is 15.5 Å². The standard InChI is InChI=1S/C18H17N3S2/c1-20-13-5-2-4-12(10-13)16-11-14-15(23-16)6-3-7-18(14)8-9-22-17(19)21-18/h2,4-5,10-11H,3,6-9H2,(H2,19,21)/t18-/m0/s1. The topological polar surface area (TPSA) is 42.7 Å². The van der Waals surface area contributed by atoms with Gasteiger partial charge in [0.05, 0.1) is 12.1 Å². The summed E-state index contributed by atoms with van der Waals surface area (Å²) in [4.78, 5) is 11.1. The maximum Gasteiger partial charge on any atom is 0.187 e. The van der Waals surface area contributed by atoms with E-state index in [9.17, 15) is 0 Å². The molecule has 0 fully saturated rings. The van der Waals surface area contributed by atoms with Crippen LogP contribution in [-0.2, 0) is 12.0 Å². The first-order chi connectivity index (χ1) is 11.2. The van der Waals surface area contributed by atoms with Crippen LogP contribution >= 0.6 is 23.1 Å². The number of rotatable bonds is 1. The van der Waals surface area contributed by atoms with Crippen molar-refractivity contribution < 1.29 is 0 Å². The van der Waals surface area contributed by atoms with Gasteiger partial charge in [0.1, 0.15) is 0 Å². The van der Waals surface area contributed by atoms with Crippen molar-refractivity contribution in [3.63, 3.8) is 0 Å². The Balaban J connectivity index is 1.81. The summed E-state index contributed by atoms with van der Waals surface area (Å²) in [5.41, 5.74) is 9.14. The summed E-state index contributed by atoms with van der Waals surface area (Å²) in [6.07, 6.45) is 4.48. The molecule has 0 amide bonds. The number of hydrogen-bond donors (Lipinski definition) is 1. The van der Waals surface area contributed by atoms with Crippen LogP contribution in [0.25, 0.3) is 15.3 Å². The molecule has 0 bridgehead atoms. The van der Waals surface area contributed by atoms with E-state index in [0.717, 1.165) is 35.7 Å². The molecule has 0 saturated heterocycles. The van der Waals surface area contributed by atoms with Gasteiger partial charge in [-0.2, -0.15) is 0 Å². The van der Waals surface area contributed by atoms with Crippen molar-refractivity contribution in [1.29, 1.82) is 0 Å². The van der Waals surface area contributed by atoms with Crippen LogP contribution in [0.3, 0.4) is 0 Å². The lowest BCUT2D eigenvalue weighted by Crippen LogP contribution is -2.34. The van der Waals surface area contributed by atoms with Crippen molar-refractivity contribution in [3.05, 3.63) is 52.2 Å². The summed E-state index contributed by atoms with van der Waals surface area (Å²) >= 11 is 3.52. The predicted molar refractivity (Wildman–Crippen MR) is 99.3 cm³/mol. The fraction of sp³-hybridized carbons (Fsp3) is 0.333. The molecule has 0 radical (unpaired) electrons. The smallest absolute Gasteiger partial charge is 0.187 e. The third kappa shape index (κ3) is 2.56. The Hall–Kier alpha value is -1.77. The van der Waals surface area contributed by atoms with E-state index in [1.165, 1.54) is 21.7 Å². The normalized spacial score (nSPS) is 23.2. The number of aryl methyl sites for hydroxylation is 1. The number of amidine groups is 1. The number of thioether (sulfide) groups is 1. The lowest BCUT2D eigenvalue weighted by Gasteiger charge is -2.36. The summed E-state index contributed by atoms with van der Waals surface area (Å²) in [6, 6.07) is 10.2. The fourth-order valence-electron chi connectivity index (χ4n) is 3.55. The Morgan fingerprint density at radius 3 is 3.00 bits per heavy atom. The molecule has 1 aliphatic heterocycles. The minimum atomic E-state index is -0.102. The first-order valence-corrected chi connectivity index (χ1v) is 9.60. The summed E-state index contributed by atoms with van der Waals surface area (Å²) < 4.78 is 0. The highest BCUT2D eigenvalue weighted by molar-refractivity contribution is 8.13. The number of nitrogens with two attached hydrogens (primary N) is 1. The Morgan fingerprint density at radius 1 is 1.26 bits per heavy atom. The van der Waals surface area contributed by atoms with Crippen molar-refractivity contribution in [2.75, 3.05) is 5.75 Å². The van der Waals surface area contributed by atoms with Crippen LogP contribution in [0.15, 0.2) is 35.3 Å². The second-order valence-electron chi connectivity index (χ2n) is 6.04. The van der Waals surface area contributed by atoms with Crippen molar-refractivity contribution in [2.45, 2.75) is 31.2 Å². The molecule has 2 heterocycles. The number of aliphatic imine (C=N–C) groups is 1. The lowest BCUT2D eigenvalue weighted by atomic mass is 9.78. The molecule has 1 atom stereocenters. The molecule has 1 spiro atoms. The fourth-order valence-corrected chi connectivity index (χ4v) is 5.74. The molecule has 2 N–H and O–H groups in total. The first kappa shape index (κ1) is 14.8. The number of nitrogens with zero attached hydrogens (tertiary/aromatic N) is 2. The molecule has 2 aromatic rings. The molecule has 1 aliphatic carbocycles. The maximum absolute atomic E-state index is 7.20. The van der Waals surface area contributed by atoms with E-state index in [2.05, 4.69) is 17.0 Å². The average molecular weight is 339 g/mol. The van der Waals surface area contributed by atoms with Crippen LogP contribution in [0.2, 0.25) is 0 Å². The van der Waals surface area contributed by atoms with E-state index in [1.54, 1.807) is 11.8 Å². The average Bonchev–Trinajstić information content (AvgIpc) is 3.01. The first-order valence-electron chi connectivity index (χ1n) is 7.79. The second kappa shape index (κ2) is 5.70. The SMILES string of the molecule is [C-]#[N+]c1cccc(-c2cc3c(s2)CCC[C@]32CCSC(N)=N2)c1. The van der Waals surface area contributed by atoms with Crippen LogP contribution in [-0.4, -0.2) is 10.9 Å². The van der Waals surface area contributed by atoms with Gasteiger partial charge in [0.15, 0.2) is 10.9 Å². The highest BCUT2D eigenvalue weighted by Gasteiger charge is 2.39. The Kier molecular flexibility index (Phi) is 3.67. The van der Waals surface area contributed by atoms with E-state index in [0.29, 0.717) is 5.69 Å². The third-order valence-electron chi connectivity index (χ3n) is 4.65. The van der Waals surface area contributed by atoms with Crippen molar-refractivity contribution in [1.82, 2.24) is 0 Å². The van der Waals surface area contributed by atoms with Gasteiger partial charge in [-0.1, -0.05) is 30.0 Å². The summed E-state index contributed by atoms with van der Waals surface area (Å²) in [6.45, 7) is 7.20. The van der Waals surface area contributed by atoms with Gasteiger partial charge in [-0.25, -0.2) is 4.85 Å². The minimum absolute atomic E-state index is 0.102. The van der Waals surface area contributed by atoms with E-state index in [4.69, 9.17) is 17.3 Å². The summed E-state index contributed by atoms with van der Waals surface area (Å²) in [5.74, 6) is 1.05. The molecular formula is C18H17N3S2. The molecule has 1 aromatic carbocycles. The van der Waals surface area contributed by atoms with E-state index >= 15 is 0 Å². The third-order valence-corrected chi connectivity index (χ3v) is 6.69. The predicted octanol–water partition coefficient (Wildman–Crippen LogP) is 4.95. The molecule has 116 valence electrons. The highest BCUT2D eigenvalue weighted by Crippen LogP contribution is 2.49. The second-order valence-corrected chi connectivity index (χ2v) is 8.30. The summed E-state index contributed by atoms with van der Waals surface area (Å²) in [5, 5.41) is 0.729. The van der Waals surface area contributed by atoms with Gasteiger partial charge in [-0.15, -0.1) is 11.3 Å². The zero-order valence-electron chi connectivity index (χ0n) is 12.7. The Bertz CT molecular complexity index is 831. The number of fused-ring (bicyclic) bond motifs is 2. The molecule has 0 unspecified atom stereocenters. The molecule has 3 nitrogen and oxygen atoms in total. The van der Waals surface area contributed by atoms with Gasteiger partial charge in [-0.05, 0) is 48.9 Å². The number of hydrogen-bond acceptors (Lipinski definition) is 4. The molecule has 4 rings (SSSR count). The van der Waals surface area contributed by atoms with E-state index in [-0.39, 0.29) is 5.54 Å². The molecule has 2 aliphatic rings. The zero-order valence-corrected chi connectivity index (χ0v) is 14.3. The molecule has 23 heavy (non-hydrogen) atoms. The zero-order chi connectivity index (χ0) is 15.9. The van der Waals surface area contributed by atoms with Crippen LogP contribution in [0.1, 0.15) is 29.7 Å². The Labute approximate surface area is 144 Å². The monoisotopic (exact) mass is 339 g/mol. The van der Waals surface area contributed by atoms with E-state index in [1.807, 2.05) is 29.5 Å². The van der Waals surface area contributed by atoms with Gasteiger partial charge in [0.2, 0.25) is 0 Å². The van der Waals surface area contributed by atoms with Crippen molar-refractivity contribution >= 4 is 34.0 Å². The van der Waals surface area contributed by atoms with Gasteiger partial charge in [0.25, 0.3) is 0 Å². The quantitative estimate of drug-likeness (QED) is 0.747. The van der Waals surface area contributed by atoms with Crippen LogP contribution in [0, 0.1) is 6.57 Å². The van der Waals surface area contributed by atoms with Gasteiger partial charge >= 0.3 is 0 Å². The van der Waals surface area contributed by atoms with Gasteiger partial charge in [-0.3, -0.25) is 4.99 Å². The van der Waals surface area contributed by atoms with Crippen molar-refractivity contribution in [3.8, 4) is 10.4 Å². The maximum atomic E-state index is 7.20. The molecule has 5 heteroatoms. The largest absolute Gasteiger partial charge is 0.379 e. The molecule has 1 aromatic heterocycles. The molecule has 0 saturated carbocycles. The Morgan fingerprint density at radius 2 is 2.17 bits per heavy atom. The number of thiophene rings is 1. The van der Waals surface area contributed by atoms with Crippen LogP contribution < -0.4 is 5.73 Å².